The van der Waals surface area contributed by atoms with Crippen LogP contribution < -0.4 is 4.90 Å². The van der Waals surface area contributed by atoms with Gasteiger partial charge in [-0.05, 0) is 22.4 Å². The molecule has 1 amide bonds. The molecule has 122 valence electrons. The first-order valence-electron chi connectivity index (χ1n) is 7.71. The molecule has 23 heavy (non-hydrogen) atoms. The summed E-state index contributed by atoms with van der Waals surface area (Å²) in [7, 11) is 1.87. The largest absolute Gasteiger partial charge is 0.349 e. The van der Waals surface area contributed by atoms with Crippen LogP contribution in [0, 0.1) is 0 Å². The Kier molecular flexibility index (Phi) is 5.19. The van der Waals surface area contributed by atoms with Crippen LogP contribution in [0.2, 0.25) is 0 Å². The number of thiophene rings is 1. The average molecular weight is 331 g/mol. The van der Waals surface area contributed by atoms with Gasteiger partial charge in [-0.3, -0.25) is 14.7 Å². The van der Waals surface area contributed by atoms with Crippen LogP contribution in [0.3, 0.4) is 0 Å². The van der Waals surface area contributed by atoms with Crippen LogP contribution in [0.1, 0.15) is 5.56 Å². The number of carbonyl (C=O) groups is 1. The fourth-order valence-corrected chi connectivity index (χ4v) is 3.33. The van der Waals surface area contributed by atoms with E-state index in [9.17, 15) is 4.79 Å². The van der Waals surface area contributed by atoms with E-state index in [0.29, 0.717) is 6.54 Å². The van der Waals surface area contributed by atoms with Crippen molar-refractivity contribution in [1.29, 1.82) is 0 Å². The maximum Gasteiger partial charge on any atom is 0.242 e. The van der Waals surface area contributed by atoms with E-state index in [1.54, 1.807) is 29.9 Å². The number of rotatable bonds is 5. The highest BCUT2D eigenvalue weighted by Gasteiger charge is 2.22. The zero-order chi connectivity index (χ0) is 16.1. The normalized spacial score (nSPS) is 15.6. The summed E-state index contributed by atoms with van der Waals surface area (Å²) in [6.45, 7) is 4.75. The minimum absolute atomic E-state index is 0.147. The molecule has 0 spiro atoms. The Bertz CT molecular complexity index is 611. The zero-order valence-electron chi connectivity index (χ0n) is 13.3. The van der Waals surface area contributed by atoms with Gasteiger partial charge in [0.2, 0.25) is 5.91 Å². The van der Waals surface area contributed by atoms with Gasteiger partial charge in [-0.2, -0.15) is 11.3 Å². The van der Waals surface area contributed by atoms with E-state index in [4.69, 9.17) is 0 Å². The molecule has 0 unspecified atom stereocenters. The van der Waals surface area contributed by atoms with Crippen LogP contribution in [-0.2, 0) is 11.3 Å². The first kappa shape index (κ1) is 15.9. The van der Waals surface area contributed by atoms with Gasteiger partial charge >= 0.3 is 0 Å². The van der Waals surface area contributed by atoms with Gasteiger partial charge in [0.1, 0.15) is 5.82 Å². The van der Waals surface area contributed by atoms with Crippen molar-refractivity contribution in [3.8, 4) is 0 Å². The van der Waals surface area contributed by atoms with E-state index in [1.807, 2.05) is 16.8 Å². The molecule has 0 radical (unpaired) electrons. The number of piperazine rings is 1. The summed E-state index contributed by atoms with van der Waals surface area (Å²) in [5.41, 5.74) is 1.36. The molecule has 7 heteroatoms. The lowest BCUT2D eigenvalue weighted by Crippen LogP contribution is -2.50. The van der Waals surface area contributed by atoms with Gasteiger partial charge in [0.15, 0.2) is 0 Å². The monoisotopic (exact) mass is 331 g/mol. The predicted molar refractivity (Wildman–Crippen MR) is 91.5 cm³/mol. The predicted octanol–water partition coefficient (Wildman–Crippen LogP) is 1.32. The molecule has 0 atom stereocenters. The number of hydrogen-bond donors (Lipinski definition) is 0. The Hall–Kier alpha value is -1.99. The number of amides is 1. The summed E-state index contributed by atoms with van der Waals surface area (Å²) >= 11 is 1.73. The van der Waals surface area contributed by atoms with Crippen molar-refractivity contribution in [1.82, 2.24) is 19.8 Å². The maximum atomic E-state index is 12.4. The minimum Gasteiger partial charge on any atom is -0.349 e. The number of likely N-dealkylation sites (N-methyl/N-ethyl adjacent to an activating group) is 1. The quantitative estimate of drug-likeness (QED) is 0.827. The first-order valence-corrected chi connectivity index (χ1v) is 8.65. The van der Waals surface area contributed by atoms with Crippen molar-refractivity contribution in [2.75, 3.05) is 44.7 Å². The van der Waals surface area contributed by atoms with Crippen molar-refractivity contribution >= 4 is 23.1 Å². The zero-order valence-corrected chi connectivity index (χ0v) is 14.1. The minimum atomic E-state index is 0.147. The fraction of sp³-hybridized carbons (Fsp3) is 0.438. The summed E-state index contributed by atoms with van der Waals surface area (Å²) < 4.78 is 0. The lowest BCUT2D eigenvalue weighted by Gasteiger charge is -2.35. The Morgan fingerprint density at radius 2 is 2.13 bits per heavy atom. The molecular formula is C16H21N5OS. The third-order valence-electron chi connectivity index (χ3n) is 4.02. The topological polar surface area (TPSA) is 52.6 Å². The Morgan fingerprint density at radius 3 is 2.78 bits per heavy atom. The van der Waals surface area contributed by atoms with Crippen molar-refractivity contribution in [2.24, 2.45) is 0 Å². The number of aromatic nitrogens is 2. The van der Waals surface area contributed by atoms with Crippen LogP contribution in [-0.4, -0.2) is 65.4 Å². The Morgan fingerprint density at radius 1 is 1.30 bits per heavy atom. The van der Waals surface area contributed by atoms with Crippen molar-refractivity contribution in [3.63, 3.8) is 0 Å². The fourth-order valence-electron chi connectivity index (χ4n) is 2.67. The summed E-state index contributed by atoms with van der Waals surface area (Å²) in [6, 6.07) is 2.16. The number of anilines is 1. The smallest absolute Gasteiger partial charge is 0.242 e. The molecule has 6 nitrogen and oxygen atoms in total. The highest BCUT2D eigenvalue weighted by molar-refractivity contribution is 7.07. The van der Waals surface area contributed by atoms with E-state index in [2.05, 4.69) is 31.7 Å². The van der Waals surface area contributed by atoms with Gasteiger partial charge in [-0.1, -0.05) is 0 Å². The summed E-state index contributed by atoms with van der Waals surface area (Å²) in [5.74, 6) is 0.866. The van der Waals surface area contributed by atoms with Crippen molar-refractivity contribution < 1.29 is 4.79 Å². The second-order valence-electron chi connectivity index (χ2n) is 5.71. The lowest BCUT2D eigenvalue weighted by atomic mass is 10.2. The molecule has 1 saturated heterocycles. The molecule has 0 saturated carbocycles. The standard InChI is InChI=1S/C16H21N5OS/c1-19(15-10-17-3-4-18-15)12-16(22)21-7-5-20(6-8-21)11-14-2-9-23-13-14/h2-4,9-10,13H,5-8,11-12H2,1H3. The van der Waals surface area contributed by atoms with Gasteiger partial charge in [-0.25, -0.2) is 4.98 Å². The number of carbonyl (C=O) groups excluding carboxylic acids is 1. The first-order chi connectivity index (χ1) is 11.2. The highest BCUT2D eigenvalue weighted by Crippen LogP contribution is 2.12. The van der Waals surface area contributed by atoms with Crippen LogP contribution >= 0.6 is 11.3 Å². The second kappa shape index (κ2) is 7.52. The molecule has 0 aromatic carbocycles. The Labute approximate surface area is 140 Å². The molecule has 3 heterocycles. The molecule has 1 aliphatic rings. The molecule has 2 aromatic rings. The molecule has 0 bridgehead atoms. The van der Waals surface area contributed by atoms with Crippen molar-refractivity contribution in [2.45, 2.75) is 6.54 Å². The van der Waals surface area contributed by atoms with Crippen LogP contribution in [0.25, 0.3) is 0 Å². The van der Waals surface area contributed by atoms with Gasteiger partial charge in [-0.15, -0.1) is 0 Å². The molecule has 2 aromatic heterocycles. The molecule has 1 fully saturated rings. The highest BCUT2D eigenvalue weighted by atomic mass is 32.1. The molecule has 3 rings (SSSR count). The molecule has 0 aliphatic carbocycles. The van der Waals surface area contributed by atoms with Crippen LogP contribution in [0.15, 0.2) is 35.4 Å². The van der Waals surface area contributed by atoms with E-state index in [-0.39, 0.29) is 5.91 Å². The summed E-state index contributed by atoms with van der Waals surface area (Å²) in [5, 5.41) is 4.30. The molecule has 1 aliphatic heterocycles. The maximum absolute atomic E-state index is 12.4. The van der Waals surface area contributed by atoms with Crippen LogP contribution in [0.5, 0.6) is 0 Å². The lowest BCUT2D eigenvalue weighted by molar-refractivity contribution is -0.131. The average Bonchev–Trinajstić information content (AvgIpc) is 3.09. The SMILES string of the molecule is CN(CC(=O)N1CCN(Cc2ccsc2)CC1)c1cnccn1. The summed E-state index contributed by atoms with van der Waals surface area (Å²) in [4.78, 5) is 26.9. The summed E-state index contributed by atoms with van der Waals surface area (Å²) in [6.07, 6.45) is 4.94. The van der Waals surface area contributed by atoms with Crippen molar-refractivity contribution in [3.05, 3.63) is 41.0 Å². The van der Waals surface area contributed by atoms with E-state index in [1.165, 1.54) is 5.56 Å². The Balaban J connectivity index is 1.46. The van der Waals surface area contributed by atoms with Gasteiger partial charge in [0.05, 0.1) is 12.7 Å². The van der Waals surface area contributed by atoms with E-state index in [0.717, 1.165) is 38.5 Å². The molecule has 0 N–H and O–H groups in total. The van der Waals surface area contributed by atoms with Gasteiger partial charge in [0.25, 0.3) is 0 Å². The second-order valence-corrected chi connectivity index (χ2v) is 6.49. The van der Waals surface area contributed by atoms with E-state index < -0.39 is 0 Å². The number of hydrogen-bond acceptors (Lipinski definition) is 6. The van der Waals surface area contributed by atoms with Gasteiger partial charge in [0, 0.05) is 52.2 Å². The van der Waals surface area contributed by atoms with Gasteiger partial charge < -0.3 is 9.80 Å². The van der Waals surface area contributed by atoms with E-state index >= 15 is 0 Å². The third-order valence-corrected chi connectivity index (χ3v) is 4.76. The number of nitrogens with zero attached hydrogens (tertiary/aromatic N) is 5. The molecular weight excluding hydrogens is 310 g/mol. The van der Waals surface area contributed by atoms with Crippen LogP contribution in [0.4, 0.5) is 5.82 Å². The third kappa shape index (κ3) is 4.27.